The quantitative estimate of drug-likeness (QED) is 0.628. The maximum absolute atomic E-state index is 11.0. The number of nitro groups is 1. The van der Waals surface area contributed by atoms with E-state index in [2.05, 4.69) is 6.07 Å². The molecule has 1 radical (unpaired) electrons. The van der Waals surface area contributed by atoms with Crippen LogP contribution in [-0.2, 0) is 6.61 Å². The third kappa shape index (κ3) is 3.03. The molecule has 0 spiro atoms. The van der Waals surface area contributed by atoms with Crippen molar-refractivity contribution in [2.24, 2.45) is 0 Å². The summed E-state index contributed by atoms with van der Waals surface area (Å²) in [5, 5.41) is 11.4. The van der Waals surface area contributed by atoms with Gasteiger partial charge in [0.2, 0.25) is 0 Å². The molecule has 0 aliphatic rings. The van der Waals surface area contributed by atoms with Crippen molar-refractivity contribution in [3.05, 3.63) is 68.7 Å². The van der Waals surface area contributed by atoms with Crippen molar-refractivity contribution in [2.75, 3.05) is 0 Å². The number of hydrogen-bond acceptors (Lipinski definition) is 3. The van der Waals surface area contributed by atoms with Gasteiger partial charge in [-0.05, 0) is 30.7 Å². The average Bonchev–Trinajstić information content (AvgIpc) is 2.38. The summed E-state index contributed by atoms with van der Waals surface area (Å²) in [5.41, 5.74) is 1.41. The summed E-state index contributed by atoms with van der Waals surface area (Å²) in [6, 6.07) is 12.7. The molecule has 0 aliphatic heterocycles. The molecule has 0 aromatic heterocycles. The van der Waals surface area contributed by atoms with E-state index in [0.717, 1.165) is 5.56 Å². The topological polar surface area (TPSA) is 52.4 Å². The Kier molecular flexibility index (Phi) is 4.02. The van der Waals surface area contributed by atoms with Crippen LogP contribution in [0.4, 0.5) is 5.69 Å². The van der Waals surface area contributed by atoms with Crippen LogP contribution in [0.1, 0.15) is 11.1 Å². The molecule has 2 aromatic carbocycles. The van der Waals surface area contributed by atoms with Crippen molar-refractivity contribution in [3.63, 3.8) is 0 Å². The Bertz CT molecular complexity index is 613. The molecule has 0 saturated carbocycles. The first-order chi connectivity index (χ1) is 9.09. The zero-order valence-electron chi connectivity index (χ0n) is 10.2. The maximum atomic E-state index is 11.0. The van der Waals surface area contributed by atoms with Crippen molar-refractivity contribution in [2.45, 2.75) is 13.5 Å². The first kappa shape index (κ1) is 13.4. The second-order valence-corrected chi connectivity index (χ2v) is 4.38. The van der Waals surface area contributed by atoms with Crippen molar-refractivity contribution in [3.8, 4) is 5.75 Å². The fraction of sp³-hybridized carbons (Fsp3) is 0.143. The minimum Gasteiger partial charge on any atom is -0.487 e. The van der Waals surface area contributed by atoms with Crippen LogP contribution < -0.4 is 4.74 Å². The Hall–Kier alpha value is -2.07. The van der Waals surface area contributed by atoms with Gasteiger partial charge in [0, 0.05) is 6.07 Å². The summed E-state index contributed by atoms with van der Waals surface area (Å²) in [5.74, 6) is 0.460. The van der Waals surface area contributed by atoms with Crippen molar-refractivity contribution >= 4 is 17.3 Å². The molecular weight excluding hydrogens is 266 g/mol. The van der Waals surface area contributed by atoms with E-state index >= 15 is 0 Å². The minimum atomic E-state index is -0.412. The lowest BCUT2D eigenvalue weighted by atomic mass is 10.1. The molecule has 0 unspecified atom stereocenters. The second kappa shape index (κ2) is 5.71. The van der Waals surface area contributed by atoms with Gasteiger partial charge in [0.05, 0.1) is 15.5 Å². The van der Waals surface area contributed by atoms with Gasteiger partial charge in [-0.3, -0.25) is 10.1 Å². The van der Waals surface area contributed by atoms with Crippen LogP contribution in [0.5, 0.6) is 5.75 Å². The first-order valence-electron chi connectivity index (χ1n) is 5.61. The number of rotatable bonds is 4. The number of ether oxygens (including phenoxy) is 1. The monoisotopic (exact) mass is 276 g/mol. The Morgan fingerprint density at radius 2 is 2.21 bits per heavy atom. The number of nitro benzene ring substituents is 1. The van der Waals surface area contributed by atoms with E-state index in [1.54, 1.807) is 24.3 Å². The molecule has 0 bridgehead atoms. The van der Waals surface area contributed by atoms with Gasteiger partial charge in [-0.2, -0.15) is 0 Å². The SMILES string of the molecule is Cc1cccc([N+](=O)[O-])c1COc1c[c]ccc1Cl. The summed E-state index contributed by atoms with van der Waals surface area (Å²) < 4.78 is 5.53. The standard InChI is InChI=1S/C14H11ClNO3/c1-10-5-4-7-13(16(17)18)11(10)9-19-14-8-3-2-6-12(14)15/h2,4-8H,9H2,1H3. The molecule has 4 nitrogen and oxygen atoms in total. The Labute approximate surface area is 115 Å². The molecule has 0 atom stereocenters. The van der Waals surface area contributed by atoms with Crippen LogP contribution in [0.25, 0.3) is 0 Å². The molecule has 2 rings (SSSR count). The van der Waals surface area contributed by atoms with Gasteiger partial charge in [-0.1, -0.05) is 29.8 Å². The number of benzene rings is 2. The van der Waals surface area contributed by atoms with E-state index in [1.807, 2.05) is 13.0 Å². The van der Waals surface area contributed by atoms with Crippen LogP contribution in [0.3, 0.4) is 0 Å². The zero-order valence-corrected chi connectivity index (χ0v) is 11.0. The van der Waals surface area contributed by atoms with Gasteiger partial charge in [0.15, 0.2) is 0 Å². The molecule has 0 N–H and O–H groups in total. The van der Waals surface area contributed by atoms with Crippen molar-refractivity contribution < 1.29 is 9.66 Å². The van der Waals surface area contributed by atoms with Gasteiger partial charge in [-0.15, -0.1) is 0 Å². The highest BCUT2D eigenvalue weighted by Gasteiger charge is 2.16. The van der Waals surface area contributed by atoms with E-state index in [9.17, 15) is 10.1 Å². The van der Waals surface area contributed by atoms with E-state index < -0.39 is 4.92 Å². The summed E-state index contributed by atoms with van der Waals surface area (Å²) in [7, 11) is 0. The summed E-state index contributed by atoms with van der Waals surface area (Å²) in [6.07, 6.45) is 0. The van der Waals surface area contributed by atoms with E-state index in [4.69, 9.17) is 16.3 Å². The predicted molar refractivity (Wildman–Crippen MR) is 72.5 cm³/mol. The first-order valence-corrected chi connectivity index (χ1v) is 5.98. The van der Waals surface area contributed by atoms with Crippen molar-refractivity contribution in [1.82, 2.24) is 0 Å². The highest BCUT2D eigenvalue weighted by atomic mass is 35.5. The Balaban J connectivity index is 2.25. The molecule has 97 valence electrons. The van der Waals surface area contributed by atoms with Crippen LogP contribution in [0.2, 0.25) is 5.02 Å². The largest absolute Gasteiger partial charge is 0.487 e. The molecule has 0 saturated heterocycles. The number of halogens is 1. The molecule has 2 aromatic rings. The van der Waals surface area contributed by atoms with E-state index in [-0.39, 0.29) is 12.3 Å². The number of aryl methyl sites for hydroxylation is 1. The normalized spacial score (nSPS) is 10.2. The highest BCUT2D eigenvalue weighted by molar-refractivity contribution is 6.32. The second-order valence-electron chi connectivity index (χ2n) is 3.97. The fourth-order valence-electron chi connectivity index (χ4n) is 1.70. The third-order valence-electron chi connectivity index (χ3n) is 2.73. The van der Waals surface area contributed by atoms with Gasteiger partial charge in [0.25, 0.3) is 5.69 Å². The van der Waals surface area contributed by atoms with E-state index in [1.165, 1.54) is 6.07 Å². The molecule has 0 heterocycles. The smallest absolute Gasteiger partial charge is 0.276 e. The molecule has 0 fully saturated rings. The Morgan fingerprint density at radius 3 is 2.89 bits per heavy atom. The summed E-state index contributed by atoms with van der Waals surface area (Å²) >= 11 is 5.95. The Morgan fingerprint density at radius 1 is 1.42 bits per heavy atom. The molecule has 19 heavy (non-hydrogen) atoms. The van der Waals surface area contributed by atoms with Gasteiger partial charge in [0.1, 0.15) is 12.4 Å². The highest BCUT2D eigenvalue weighted by Crippen LogP contribution is 2.27. The zero-order chi connectivity index (χ0) is 13.8. The summed E-state index contributed by atoms with van der Waals surface area (Å²) in [6.45, 7) is 1.91. The lowest BCUT2D eigenvalue weighted by Crippen LogP contribution is -2.03. The van der Waals surface area contributed by atoms with E-state index in [0.29, 0.717) is 16.3 Å². The van der Waals surface area contributed by atoms with Crippen molar-refractivity contribution in [1.29, 1.82) is 0 Å². The molecule has 0 aliphatic carbocycles. The lowest BCUT2D eigenvalue weighted by molar-refractivity contribution is -0.385. The van der Waals surface area contributed by atoms with Crippen LogP contribution in [0, 0.1) is 23.1 Å². The lowest BCUT2D eigenvalue weighted by Gasteiger charge is -2.10. The fourth-order valence-corrected chi connectivity index (χ4v) is 1.87. The number of nitrogens with zero attached hydrogens (tertiary/aromatic N) is 1. The molecule has 5 heteroatoms. The predicted octanol–water partition coefficient (Wildman–Crippen LogP) is 3.94. The van der Waals surface area contributed by atoms with Crippen LogP contribution in [0.15, 0.2) is 36.4 Å². The molecular formula is C14H11ClNO3. The summed E-state index contributed by atoms with van der Waals surface area (Å²) in [4.78, 5) is 10.6. The number of hydrogen-bond donors (Lipinski definition) is 0. The average molecular weight is 277 g/mol. The van der Waals surface area contributed by atoms with Gasteiger partial charge < -0.3 is 4.74 Å². The maximum Gasteiger partial charge on any atom is 0.276 e. The molecule has 0 amide bonds. The van der Waals surface area contributed by atoms with Crippen LogP contribution >= 0.6 is 11.6 Å². The van der Waals surface area contributed by atoms with Gasteiger partial charge in [-0.25, -0.2) is 0 Å². The van der Waals surface area contributed by atoms with Crippen LogP contribution in [-0.4, -0.2) is 4.92 Å². The van der Waals surface area contributed by atoms with Gasteiger partial charge >= 0.3 is 0 Å². The third-order valence-corrected chi connectivity index (χ3v) is 3.04. The minimum absolute atomic E-state index is 0.0519.